The first kappa shape index (κ1) is 29.2. The van der Waals surface area contributed by atoms with Crippen LogP contribution in [-0.4, -0.2) is 44.3 Å². The van der Waals surface area contributed by atoms with Crippen molar-refractivity contribution in [3.8, 4) is 0 Å². The molecule has 0 heterocycles. The predicted molar refractivity (Wildman–Crippen MR) is 152 cm³/mol. The molecule has 0 spiro atoms. The first-order chi connectivity index (χ1) is 17.9. The third-order valence-corrected chi connectivity index (χ3v) is 8.52. The van der Waals surface area contributed by atoms with Gasteiger partial charge in [-0.1, -0.05) is 65.2 Å². The van der Waals surface area contributed by atoms with Gasteiger partial charge in [0.1, 0.15) is 12.6 Å². The molecule has 0 fully saturated rings. The van der Waals surface area contributed by atoms with Gasteiger partial charge in [-0.15, -0.1) is 0 Å². The zero-order chi connectivity index (χ0) is 28.0. The number of rotatable bonds is 10. The molecule has 0 aromatic heterocycles. The number of aryl methyl sites for hydroxylation is 3. The lowest BCUT2D eigenvalue weighted by atomic mass is 10.1. The Labute approximate surface area is 230 Å². The quantitative estimate of drug-likeness (QED) is 0.381. The van der Waals surface area contributed by atoms with Crippen LogP contribution in [-0.2, 0) is 26.2 Å². The SMILES string of the molecule is CCNC(=O)[C@@H](C)N(Cc1ccc(C)cc1)C(=O)CN(c1ccc(C)c(Cl)c1)S(=O)(=O)c1ccc(C)cc1. The summed E-state index contributed by atoms with van der Waals surface area (Å²) in [5, 5.41) is 3.13. The van der Waals surface area contributed by atoms with Gasteiger partial charge in [0, 0.05) is 18.1 Å². The summed E-state index contributed by atoms with van der Waals surface area (Å²) in [6.45, 7) is 9.12. The van der Waals surface area contributed by atoms with Crippen LogP contribution in [0, 0.1) is 20.8 Å². The Morgan fingerprint density at radius 2 is 1.50 bits per heavy atom. The largest absolute Gasteiger partial charge is 0.355 e. The van der Waals surface area contributed by atoms with E-state index >= 15 is 0 Å². The van der Waals surface area contributed by atoms with Crippen molar-refractivity contribution in [2.75, 3.05) is 17.4 Å². The number of nitrogens with zero attached hydrogens (tertiary/aromatic N) is 2. The second-order valence-corrected chi connectivity index (χ2v) is 11.6. The highest BCUT2D eigenvalue weighted by atomic mass is 35.5. The molecule has 3 aromatic rings. The predicted octanol–water partition coefficient (Wildman–Crippen LogP) is 5.01. The Hall–Kier alpha value is -3.36. The van der Waals surface area contributed by atoms with Gasteiger partial charge < -0.3 is 10.2 Å². The summed E-state index contributed by atoms with van der Waals surface area (Å²) in [7, 11) is -4.14. The summed E-state index contributed by atoms with van der Waals surface area (Å²) < 4.78 is 28.7. The summed E-state index contributed by atoms with van der Waals surface area (Å²) in [6.07, 6.45) is 0. The van der Waals surface area contributed by atoms with Crippen LogP contribution in [0.15, 0.2) is 71.6 Å². The van der Waals surface area contributed by atoms with Crippen molar-refractivity contribution in [2.45, 2.75) is 52.1 Å². The number of hydrogen-bond acceptors (Lipinski definition) is 4. The zero-order valence-corrected chi connectivity index (χ0v) is 23.9. The second kappa shape index (κ2) is 12.5. The van der Waals surface area contributed by atoms with E-state index in [0.717, 1.165) is 26.6 Å². The molecular weight excluding hydrogens is 522 g/mol. The third kappa shape index (κ3) is 6.94. The Balaban J connectivity index is 2.05. The van der Waals surface area contributed by atoms with Gasteiger partial charge in [-0.2, -0.15) is 0 Å². The molecule has 9 heteroatoms. The standard InChI is InChI=1S/C29H34ClN3O4S/c1-6-31-29(35)23(5)32(18-24-12-7-20(2)8-13-24)28(34)19-33(25-14-11-22(4)27(30)17-25)38(36,37)26-15-9-21(3)10-16-26/h7-17,23H,6,18-19H2,1-5H3,(H,31,35)/t23-/m1/s1. The minimum atomic E-state index is -4.14. The topological polar surface area (TPSA) is 86.8 Å². The molecule has 0 radical (unpaired) electrons. The number of hydrogen-bond donors (Lipinski definition) is 1. The van der Waals surface area contributed by atoms with Gasteiger partial charge >= 0.3 is 0 Å². The fourth-order valence-corrected chi connectivity index (χ4v) is 5.48. The lowest BCUT2D eigenvalue weighted by Gasteiger charge is -2.32. The highest BCUT2D eigenvalue weighted by Crippen LogP contribution is 2.28. The molecule has 0 aliphatic heterocycles. The van der Waals surface area contributed by atoms with E-state index in [0.29, 0.717) is 11.6 Å². The molecule has 0 aliphatic rings. The van der Waals surface area contributed by atoms with Gasteiger partial charge in [-0.05, 0) is 70.0 Å². The maximum absolute atomic E-state index is 13.8. The van der Waals surface area contributed by atoms with Crippen LogP contribution >= 0.6 is 11.6 Å². The Morgan fingerprint density at radius 3 is 2.05 bits per heavy atom. The molecule has 1 N–H and O–H groups in total. The van der Waals surface area contributed by atoms with E-state index in [4.69, 9.17) is 11.6 Å². The van der Waals surface area contributed by atoms with Gasteiger partial charge in [-0.3, -0.25) is 13.9 Å². The van der Waals surface area contributed by atoms with Crippen LogP contribution in [0.2, 0.25) is 5.02 Å². The summed E-state index contributed by atoms with van der Waals surface area (Å²) in [4.78, 5) is 28.1. The molecule has 3 rings (SSSR count). The summed E-state index contributed by atoms with van der Waals surface area (Å²) in [5.74, 6) is -0.837. The van der Waals surface area contributed by atoms with Gasteiger partial charge in [0.15, 0.2) is 0 Å². The van der Waals surface area contributed by atoms with Crippen LogP contribution in [0.4, 0.5) is 5.69 Å². The van der Waals surface area contributed by atoms with E-state index in [1.54, 1.807) is 38.1 Å². The maximum Gasteiger partial charge on any atom is 0.264 e. The number of carbonyl (C=O) groups is 2. The molecule has 7 nitrogen and oxygen atoms in total. The van der Waals surface area contributed by atoms with Gasteiger partial charge in [0.25, 0.3) is 10.0 Å². The number of likely N-dealkylation sites (N-methyl/N-ethyl adjacent to an activating group) is 1. The summed E-state index contributed by atoms with van der Waals surface area (Å²) >= 11 is 6.35. The molecule has 202 valence electrons. The first-order valence-corrected chi connectivity index (χ1v) is 14.2. The second-order valence-electron chi connectivity index (χ2n) is 9.34. The average molecular weight is 556 g/mol. The average Bonchev–Trinajstić information content (AvgIpc) is 2.88. The lowest BCUT2D eigenvalue weighted by molar-refractivity contribution is -0.139. The first-order valence-electron chi connectivity index (χ1n) is 12.4. The van der Waals surface area contributed by atoms with Crippen LogP contribution in [0.25, 0.3) is 0 Å². The molecule has 2 amide bonds. The number of sulfonamides is 1. The zero-order valence-electron chi connectivity index (χ0n) is 22.4. The van der Waals surface area contributed by atoms with E-state index in [-0.39, 0.29) is 23.0 Å². The minimum absolute atomic E-state index is 0.0504. The van der Waals surface area contributed by atoms with E-state index in [1.807, 2.05) is 45.0 Å². The molecule has 0 aliphatic carbocycles. The third-order valence-electron chi connectivity index (χ3n) is 6.32. The van der Waals surface area contributed by atoms with Crippen molar-refractivity contribution in [1.82, 2.24) is 10.2 Å². The number of nitrogens with one attached hydrogen (secondary N) is 1. The van der Waals surface area contributed by atoms with Crippen LogP contribution < -0.4 is 9.62 Å². The van der Waals surface area contributed by atoms with E-state index in [2.05, 4.69) is 5.32 Å². The Bertz CT molecular complexity index is 1390. The monoisotopic (exact) mass is 555 g/mol. The van der Waals surface area contributed by atoms with E-state index in [9.17, 15) is 18.0 Å². The number of halogens is 1. The fourth-order valence-electron chi connectivity index (χ4n) is 3.90. The minimum Gasteiger partial charge on any atom is -0.355 e. The van der Waals surface area contributed by atoms with Crippen molar-refractivity contribution < 1.29 is 18.0 Å². The highest BCUT2D eigenvalue weighted by molar-refractivity contribution is 7.92. The van der Waals surface area contributed by atoms with Crippen molar-refractivity contribution >= 4 is 39.1 Å². The van der Waals surface area contributed by atoms with Crippen molar-refractivity contribution in [3.05, 3.63) is 94.0 Å². The normalized spacial score (nSPS) is 12.1. The van der Waals surface area contributed by atoms with Crippen LogP contribution in [0.1, 0.15) is 36.1 Å². The van der Waals surface area contributed by atoms with Gasteiger partial charge in [-0.25, -0.2) is 8.42 Å². The van der Waals surface area contributed by atoms with E-state index < -0.39 is 28.5 Å². The lowest BCUT2D eigenvalue weighted by Crippen LogP contribution is -2.51. The number of carbonyl (C=O) groups excluding carboxylic acids is 2. The van der Waals surface area contributed by atoms with Crippen molar-refractivity contribution in [1.29, 1.82) is 0 Å². The van der Waals surface area contributed by atoms with E-state index in [1.165, 1.54) is 23.1 Å². The molecule has 0 bridgehead atoms. The van der Waals surface area contributed by atoms with Crippen LogP contribution in [0.3, 0.4) is 0 Å². The molecule has 0 saturated heterocycles. The Kier molecular flexibility index (Phi) is 9.57. The summed E-state index contributed by atoms with van der Waals surface area (Å²) in [5.41, 5.74) is 3.84. The smallest absolute Gasteiger partial charge is 0.264 e. The molecule has 38 heavy (non-hydrogen) atoms. The number of benzene rings is 3. The summed E-state index contributed by atoms with van der Waals surface area (Å²) in [6, 6.07) is 18.1. The Morgan fingerprint density at radius 1 is 0.921 bits per heavy atom. The highest BCUT2D eigenvalue weighted by Gasteiger charge is 2.32. The molecule has 1 atom stereocenters. The molecule has 0 unspecified atom stereocenters. The maximum atomic E-state index is 13.8. The van der Waals surface area contributed by atoms with Crippen LogP contribution in [0.5, 0.6) is 0 Å². The molecule has 3 aromatic carbocycles. The van der Waals surface area contributed by atoms with Gasteiger partial charge in [0.05, 0.1) is 10.6 Å². The van der Waals surface area contributed by atoms with Crippen molar-refractivity contribution in [2.24, 2.45) is 0 Å². The fraction of sp³-hybridized carbons (Fsp3) is 0.310. The van der Waals surface area contributed by atoms with Crippen molar-refractivity contribution in [3.63, 3.8) is 0 Å². The van der Waals surface area contributed by atoms with Gasteiger partial charge in [0.2, 0.25) is 11.8 Å². The number of amides is 2. The molecule has 0 saturated carbocycles. The number of anilines is 1. The molecular formula is C29H34ClN3O4S.